The molecule has 0 heterocycles. The summed E-state index contributed by atoms with van der Waals surface area (Å²) in [6, 6.07) is 3.76. The van der Waals surface area contributed by atoms with Gasteiger partial charge in [0.1, 0.15) is 0 Å². The number of aliphatic hydroxyl groups is 2. The average Bonchev–Trinajstić information content (AvgIpc) is 2.63. The predicted molar refractivity (Wildman–Crippen MR) is 138 cm³/mol. The van der Waals surface area contributed by atoms with E-state index in [0.717, 1.165) is 31.7 Å². The maximum absolute atomic E-state index is 10.1. The number of hydrogen-bond acceptors (Lipinski definition) is 6. The van der Waals surface area contributed by atoms with Gasteiger partial charge in [0.05, 0.1) is 39.1 Å². The highest BCUT2D eigenvalue weighted by Crippen LogP contribution is 2.26. The number of aliphatic hydroxyl groups excluding tert-OH is 2. The van der Waals surface area contributed by atoms with Gasteiger partial charge in [0.2, 0.25) is 0 Å². The highest BCUT2D eigenvalue weighted by molar-refractivity contribution is 6.86. The van der Waals surface area contributed by atoms with Gasteiger partial charge < -0.3 is 28.5 Å². The normalized spacial score (nSPS) is 14.2. The van der Waals surface area contributed by atoms with Crippen LogP contribution in [-0.4, -0.2) is 87.3 Å². The van der Waals surface area contributed by atoms with Crippen molar-refractivity contribution in [2.45, 2.75) is 95.7 Å². The molecule has 31 heavy (non-hydrogen) atoms. The second-order valence-electron chi connectivity index (χ2n) is 11.0. The van der Waals surface area contributed by atoms with Crippen molar-refractivity contribution in [2.24, 2.45) is 0 Å². The van der Waals surface area contributed by atoms with Crippen molar-refractivity contribution < 1.29 is 28.5 Å². The summed E-state index contributed by atoms with van der Waals surface area (Å²) >= 11 is 0. The molecule has 0 rings (SSSR count). The van der Waals surface area contributed by atoms with E-state index in [1.807, 2.05) is 0 Å². The molecule has 0 bridgehead atoms. The van der Waals surface area contributed by atoms with Crippen molar-refractivity contribution in [3.63, 3.8) is 0 Å². The molecule has 1 unspecified atom stereocenters. The Kier molecular flexibility index (Phi) is 17.2. The Hall–Kier alpha value is 0.411. The molecule has 0 aliphatic heterocycles. The molecule has 0 aromatic carbocycles. The Morgan fingerprint density at radius 2 is 1.23 bits per heavy atom. The largest absolute Gasteiger partial charge is 0.456 e. The second-order valence-corrected chi connectivity index (χ2v) is 25.4. The van der Waals surface area contributed by atoms with Gasteiger partial charge >= 0.3 is 0 Å². The monoisotopic (exact) mass is 496 g/mol. The number of hydrogen-bond donors (Lipinski definition) is 2. The van der Waals surface area contributed by atoms with E-state index in [-0.39, 0.29) is 6.61 Å². The predicted octanol–water partition coefficient (Wildman–Crippen LogP) is 4.71. The SMILES string of the molecule is C[Si](C)(C)CC[Si](C)(C)O[Si](C)(C)CCCOCC(O)CCCCOCCOCCO. The highest BCUT2D eigenvalue weighted by Gasteiger charge is 2.33. The van der Waals surface area contributed by atoms with Crippen molar-refractivity contribution in [1.82, 2.24) is 0 Å². The molecule has 188 valence electrons. The zero-order valence-corrected chi connectivity index (χ0v) is 24.5. The Morgan fingerprint density at radius 1 is 0.645 bits per heavy atom. The lowest BCUT2D eigenvalue weighted by molar-refractivity contribution is 0.0233. The van der Waals surface area contributed by atoms with E-state index in [0.29, 0.717) is 39.6 Å². The van der Waals surface area contributed by atoms with Crippen molar-refractivity contribution >= 4 is 24.7 Å². The number of ether oxygens (including phenoxy) is 3. The maximum Gasteiger partial charge on any atom is 0.173 e. The fourth-order valence-corrected chi connectivity index (χ4v) is 16.6. The van der Waals surface area contributed by atoms with Crippen LogP contribution in [0.3, 0.4) is 0 Å². The molecule has 6 nitrogen and oxygen atoms in total. The molecule has 0 aliphatic carbocycles. The molecule has 0 radical (unpaired) electrons. The minimum absolute atomic E-state index is 0.0476. The topological polar surface area (TPSA) is 77.4 Å². The van der Waals surface area contributed by atoms with Crippen molar-refractivity contribution in [3.05, 3.63) is 0 Å². The third-order valence-electron chi connectivity index (χ3n) is 5.09. The molecule has 0 aromatic rings. The summed E-state index contributed by atoms with van der Waals surface area (Å²) in [6.07, 6.45) is 3.20. The van der Waals surface area contributed by atoms with E-state index >= 15 is 0 Å². The van der Waals surface area contributed by atoms with Crippen LogP contribution in [0.1, 0.15) is 25.7 Å². The van der Waals surface area contributed by atoms with Crippen LogP contribution in [0.15, 0.2) is 0 Å². The lowest BCUT2D eigenvalue weighted by Crippen LogP contribution is -2.45. The van der Waals surface area contributed by atoms with Crippen LogP contribution in [0.25, 0.3) is 0 Å². The van der Waals surface area contributed by atoms with E-state index in [9.17, 15) is 5.11 Å². The molecular formula is C22H52O6Si3. The van der Waals surface area contributed by atoms with E-state index in [1.54, 1.807) is 0 Å². The summed E-state index contributed by atoms with van der Waals surface area (Å²) in [5, 5.41) is 18.7. The number of unbranched alkanes of at least 4 members (excludes halogenated alkanes) is 1. The quantitative estimate of drug-likeness (QED) is 0.177. The summed E-state index contributed by atoms with van der Waals surface area (Å²) in [4.78, 5) is 0. The third-order valence-corrected chi connectivity index (χ3v) is 14.8. The van der Waals surface area contributed by atoms with Gasteiger partial charge in [-0.2, -0.15) is 0 Å². The first-order valence-electron chi connectivity index (χ1n) is 12.1. The van der Waals surface area contributed by atoms with E-state index in [2.05, 4.69) is 45.8 Å². The van der Waals surface area contributed by atoms with Crippen molar-refractivity contribution in [2.75, 3.05) is 46.2 Å². The van der Waals surface area contributed by atoms with E-state index < -0.39 is 30.8 Å². The molecular weight excluding hydrogens is 444 g/mol. The summed E-state index contributed by atoms with van der Waals surface area (Å²) in [7, 11) is -4.24. The molecule has 0 amide bonds. The van der Waals surface area contributed by atoms with Gasteiger partial charge in [0.15, 0.2) is 16.6 Å². The summed E-state index contributed by atoms with van der Waals surface area (Å²) in [5.41, 5.74) is 0. The Balaban J connectivity index is 3.74. The molecule has 0 aliphatic rings. The van der Waals surface area contributed by atoms with Gasteiger partial charge in [-0.05, 0) is 64.0 Å². The summed E-state index contributed by atoms with van der Waals surface area (Å²) < 4.78 is 23.0. The standard InChI is InChI=1S/C22H52O6Si3/c1-29(2,3)19-20-31(6,7)28-30(4,5)18-10-14-27-21-22(24)11-8-9-13-25-16-17-26-15-12-23/h22-24H,8-21H2,1-7H3. The van der Waals surface area contributed by atoms with Gasteiger partial charge in [-0.15, -0.1) is 0 Å². The van der Waals surface area contributed by atoms with Crippen LogP contribution in [0.4, 0.5) is 0 Å². The zero-order valence-electron chi connectivity index (χ0n) is 21.5. The lowest BCUT2D eigenvalue weighted by Gasteiger charge is -2.35. The molecule has 0 saturated carbocycles. The van der Waals surface area contributed by atoms with Crippen molar-refractivity contribution in [1.29, 1.82) is 0 Å². The van der Waals surface area contributed by atoms with Gasteiger partial charge in [-0.3, -0.25) is 0 Å². The van der Waals surface area contributed by atoms with Crippen molar-refractivity contribution in [3.8, 4) is 0 Å². The molecule has 0 aromatic heterocycles. The van der Waals surface area contributed by atoms with Crippen LogP contribution >= 0.6 is 0 Å². The molecule has 2 N–H and O–H groups in total. The molecule has 1 atom stereocenters. The molecule has 9 heteroatoms. The fraction of sp³-hybridized carbons (Fsp3) is 1.00. The van der Waals surface area contributed by atoms with Crippen LogP contribution in [0.2, 0.25) is 64.0 Å². The summed E-state index contributed by atoms with van der Waals surface area (Å²) in [5.74, 6) is 0. The first-order chi connectivity index (χ1) is 14.4. The zero-order chi connectivity index (χ0) is 23.8. The Morgan fingerprint density at radius 3 is 1.84 bits per heavy atom. The van der Waals surface area contributed by atoms with E-state index in [1.165, 1.54) is 12.1 Å². The minimum Gasteiger partial charge on any atom is -0.456 e. The third kappa shape index (κ3) is 22.0. The fourth-order valence-electron chi connectivity index (χ4n) is 3.40. The maximum atomic E-state index is 10.1. The van der Waals surface area contributed by atoms with Gasteiger partial charge in [0.25, 0.3) is 0 Å². The molecule has 0 spiro atoms. The average molecular weight is 497 g/mol. The first-order valence-corrected chi connectivity index (χ1v) is 22.0. The second kappa shape index (κ2) is 16.9. The van der Waals surface area contributed by atoms with Crippen LogP contribution in [-0.2, 0) is 18.3 Å². The lowest BCUT2D eigenvalue weighted by atomic mass is 10.2. The first kappa shape index (κ1) is 31.4. The van der Waals surface area contributed by atoms with Crippen LogP contribution < -0.4 is 0 Å². The van der Waals surface area contributed by atoms with Gasteiger partial charge in [-0.25, -0.2) is 0 Å². The minimum atomic E-state index is -1.66. The van der Waals surface area contributed by atoms with Crippen LogP contribution in [0.5, 0.6) is 0 Å². The Bertz CT molecular complexity index is 430. The highest BCUT2D eigenvalue weighted by atomic mass is 28.4. The smallest absolute Gasteiger partial charge is 0.173 e. The van der Waals surface area contributed by atoms with Gasteiger partial charge in [0, 0.05) is 21.3 Å². The number of rotatable bonds is 21. The Labute approximate surface area is 195 Å². The van der Waals surface area contributed by atoms with Gasteiger partial charge in [-0.1, -0.05) is 25.7 Å². The summed E-state index contributed by atoms with van der Waals surface area (Å²) in [6.45, 7) is 20.0. The molecule has 0 fully saturated rings. The van der Waals surface area contributed by atoms with E-state index in [4.69, 9.17) is 23.4 Å². The van der Waals surface area contributed by atoms with Crippen LogP contribution in [0, 0.1) is 0 Å². The molecule has 0 saturated heterocycles.